The smallest absolute Gasteiger partial charge is 0.253 e. The summed E-state index contributed by atoms with van der Waals surface area (Å²) in [7, 11) is 0. The van der Waals surface area contributed by atoms with Crippen LogP contribution in [0.5, 0.6) is 0 Å². The van der Waals surface area contributed by atoms with Crippen LogP contribution >= 0.6 is 0 Å². The molecule has 0 atom stereocenters. The molecule has 2 heterocycles. The number of rotatable bonds is 4. The van der Waals surface area contributed by atoms with E-state index in [2.05, 4.69) is 10.3 Å². The van der Waals surface area contributed by atoms with Crippen molar-refractivity contribution >= 4 is 22.5 Å². The molecule has 30 heavy (non-hydrogen) atoms. The van der Waals surface area contributed by atoms with Crippen molar-refractivity contribution in [1.29, 1.82) is 0 Å². The number of amides is 1. The van der Waals surface area contributed by atoms with Crippen molar-refractivity contribution in [1.82, 2.24) is 10.3 Å². The second-order valence-electron chi connectivity index (χ2n) is 9.67. The van der Waals surface area contributed by atoms with Gasteiger partial charge in [-0.1, -0.05) is 0 Å². The SMILES string of the molecule is CC1(F)CN(c2cc3ncc(C(=O)N[C@H]4CC[C@H](C(C)(C)O)CC4)cc3cc2F)C1. The third kappa shape index (κ3) is 4.26. The van der Waals surface area contributed by atoms with Gasteiger partial charge < -0.3 is 15.3 Å². The summed E-state index contributed by atoms with van der Waals surface area (Å²) in [6, 6.07) is 4.67. The standard InChI is InChI=1S/C23H29F2N3O2/c1-22(2,30)16-4-6-17(7-5-16)27-21(29)15-8-14-9-18(24)20(10-19(14)26-11-15)28-12-23(3,25)13-28/h8-11,16-17,30H,4-7,12-13H2,1-3H3,(H,27,29)/t16-,17-. The van der Waals surface area contributed by atoms with Crippen LogP contribution in [-0.2, 0) is 0 Å². The zero-order valence-electron chi connectivity index (χ0n) is 17.7. The first-order valence-corrected chi connectivity index (χ1v) is 10.6. The highest BCUT2D eigenvalue weighted by Crippen LogP contribution is 2.34. The van der Waals surface area contributed by atoms with E-state index in [1.807, 2.05) is 13.8 Å². The number of alkyl halides is 1. The number of anilines is 1. The van der Waals surface area contributed by atoms with Gasteiger partial charge in [-0.15, -0.1) is 0 Å². The van der Waals surface area contributed by atoms with Gasteiger partial charge in [-0.25, -0.2) is 8.78 Å². The maximum absolute atomic E-state index is 14.6. The van der Waals surface area contributed by atoms with E-state index in [1.165, 1.54) is 19.2 Å². The molecule has 0 radical (unpaired) electrons. The number of nitrogens with zero attached hydrogens (tertiary/aromatic N) is 2. The molecule has 1 aliphatic carbocycles. The van der Waals surface area contributed by atoms with Crippen LogP contribution in [0.4, 0.5) is 14.5 Å². The van der Waals surface area contributed by atoms with Crippen LogP contribution < -0.4 is 10.2 Å². The van der Waals surface area contributed by atoms with Crippen molar-refractivity contribution in [2.75, 3.05) is 18.0 Å². The van der Waals surface area contributed by atoms with Crippen LogP contribution in [0.3, 0.4) is 0 Å². The zero-order valence-corrected chi connectivity index (χ0v) is 17.7. The number of pyridine rings is 1. The number of aromatic nitrogens is 1. The number of hydrogen-bond donors (Lipinski definition) is 2. The van der Waals surface area contributed by atoms with Gasteiger partial charge in [0.25, 0.3) is 5.91 Å². The molecule has 2 fully saturated rings. The minimum absolute atomic E-state index is 0.0623. The summed E-state index contributed by atoms with van der Waals surface area (Å²) in [6.45, 7) is 5.49. The molecule has 162 valence electrons. The minimum Gasteiger partial charge on any atom is -0.390 e. The molecule has 0 unspecified atom stereocenters. The van der Waals surface area contributed by atoms with E-state index >= 15 is 0 Å². The summed E-state index contributed by atoms with van der Waals surface area (Å²) in [5, 5.41) is 13.7. The first-order valence-electron chi connectivity index (χ1n) is 10.6. The molecule has 1 saturated heterocycles. The Morgan fingerprint density at radius 2 is 1.90 bits per heavy atom. The van der Waals surface area contributed by atoms with E-state index in [4.69, 9.17) is 0 Å². The fraction of sp³-hybridized carbons (Fsp3) is 0.565. The normalized spacial score (nSPS) is 23.9. The van der Waals surface area contributed by atoms with Crippen molar-refractivity contribution in [2.24, 2.45) is 5.92 Å². The topological polar surface area (TPSA) is 65.5 Å². The molecule has 1 aromatic carbocycles. The Labute approximate surface area is 175 Å². The largest absolute Gasteiger partial charge is 0.390 e. The number of aliphatic hydroxyl groups is 1. The Morgan fingerprint density at radius 3 is 2.50 bits per heavy atom. The van der Waals surface area contributed by atoms with Crippen molar-refractivity contribution in [2.45, 2.75) is 63.8 Å². The highest BCUT2D eigenvalue weighted by atomic mass is 19.1. The molecule has 0 spiro atoms. The summed E-state index contributed by atoms with van der Waals surface area (Å²) < 4.78 is 28.3. The highest BCUT2D eigenvalue weighted by Gasteiger charge is 2.40. The van der Waals surface area contributed by atoms with E-state index < -0.39 is 17.1 Å². The highest BCUT2D eigenvalue weighted by molar-refractivity contribution is 5.97. The fourth-order valence-electron chi connectivity index (χ4n) is 4.64. The molecule has 1 aliphatic heterocycles. The molecular weight excluding hydrogens is 388 g/mol. The first kappa shape index (κ1) is 21.0. The average molecular weight is 418 g/mol. The van der Waals surface area contributed by atoms with Crippen LogP contribution in [0.2, 0.25) is 0 Å². The predicted molar refractivity (Wildman–Crippen MR) is 113 cm³/mol. The monoisotopic (exact) mass is 417 g/mol. The van der Waals surface area contributed by atoms with E-state index in [9.17, 15) is 18.7 Å². The van der Waals surface area contributed by atoms with Gasteiger partial charge >= 0.3 is 0 Å². The average Bonchev–Trinajstić information content (AvgIpc) is 2.64. The Morgan fingerprint density at radius 1 is 1.23 bits per heavy atom. The Hall–Kier alpha value is -2.28. The number of hydrogen-bond acceptors (Lipinski definition) is 4. The molecule has 5 nitrogen and oxygen atoms in total. The predicted octanol–water partition coefficient (Wildman–Crippen LogP) is 3.98. The molecule has 1 saturated carbocycles. The summed E-state index contributed by atoms with van der Waals surface area (Å²) in [5.74, 6) is -0.425. The molecule has 2 N–H and O–H groups in total. The van der Waals surface area contributed by atoms with Gasteiger partial charge in [-0.05, 0) is 70.6 Å². The van der Waals surface area contributed by atoms with E-state index in [1.54, 1.807) is 17.0 Å². The lowest BCUT2D eigenvalue weighted by atomic mass is 9.77. The Bertz CT molecular complexity index is 955. The van der Waals surface area contributed by atoms with Gasteiger partial charge in [-0.2, -0.15) is 0 Å². The second kappa shape index (κ2) is 7.45. The third-order valence-corrected chi connectivity index (χ3v) is 6.46. The number of fused-ring (bicyclic) bond motifs is 1. The molecule has 7 heteroatoms. The van der Waals surface area contributed by atoms with Gasteiger partial charge in [0.2, 0.25) is 0 Å². The summed E-state index contributed by atoms with van der Waals surface area (Å²) in [6.07, 6.45) is 4.88. The van der Waals surface area contributed by atoms with E-state index in [0.29, 0.717) is 22.2 Å². The molecule has 4 rings (SSSR count). The van der Waals surface area contributed by atoms with Crippen molar-refractivity contribution in [3.05, 3.63) is 35.8 Å². The number of nitrogens with one attached hydrogen (secondary N) is 1. The lowest BCUT2D eigenvalue weighted by molar-refractivity contribution is -0.00257. The van der Waals surface area contributed by atoms with Gasteiger partial charge in [0.05, 0.1) is 35.5 Å². The minimum atomic E-state index is -1.29. The molecule has 0 bridgehead atoms. The first-order chi connectivity index (χ1) is 14.0. The van der Waals surface area contributed by atoms with Crippen LogP contribution in [0, 0.1) is 11.7 Å². The van der Waals surface area contributed by atoms with Crippen molar-refractivity contribution in [3.63, 3.8) is 0 Å². The van der Waals surface area contributed by atoms with Crippen LogP contribution in [0.1, 0.15) is 56.8 Å². The lowest BCUT2D eigenvalue weighted by Crippen LogP contribution is -2.57. The molecule has 2 aromatic rings. The van der Waals surface area contributed by atoms with Gasteiger partial charge in [0.1, 0.15) is 11.5 Å². The van der Waals surface area contributed by atoms with Gasteiger partial charge in [0, 0.05) is 17.6 Å². The summed E-state index contributed by atoms with van der Waals surface area (Å²) >= 11 is 0. The molecule has 1 amide bonds. The van der Waals surface area contributed by atoms with Crippen LogP contribution in [-0.4, -0.2) is 46.4 Å². The maximum atomic E-state index is 14.6. The molecule has 2 aliphatic rings. The quantitative estimate of drug-likeness (QED) is 0.790. The number of halogens is 2. The number of benzene rings is 1. The van der Waals surface area contributed by atoms with E-state index in [0.717, 1.165) is 25.7 Å². The summed E-state index contributed by atoms with van der Waals surface area (Å²) in [5.41, 5.74) is -0.687. The molecule has 1 aromatic heterocycles. The Balaban J connectivity index is 1.44. The van der Waals surface area contributed by atoms with Gasteiger partial charge in [0.15, 0.2) is 0 Å². The fourth-order valence-corrected chi connectivity index (χ4v) is 4.64. The lowest BCUT2D eigenvalue weighted by Gasteiger charge is -2.43. The number of carbonyl (C=O) groups excluding carboxylic acids is 1. The zero-order chi connectivity index (χ0) is 21.7. The third-order valence-electron chi connectivity index (χ3n) is 6.46. The Kier molecular flexibility index (Phi) is 5.21. The maximum Gasteiger partial charge on any atom is 0.253 e. The number of carbonyl (C=O) groups is 1. The van der Waals surface area contributed by atoms with Gasteiger partial charge in [-0.3, -0.25) is 9.78 Å². The van der Waals surface area contributed by atoms with Crippen molar-refractivity contribution in [3.8, 4) is 0 Å². The van der Waals surface area contributed by atoms with Crippen LogP contribution in [0.25, 0.3) is 10.9 Å². The van der Waals surface area contributed by atoms with E-state index in [-0.39, 0.29) is 31.0 Å². The molecular formula is C23H29F2N3O2. The van der Waals surface area contributed by atoms with Crippen molar-refractivity contribution < 1.29 is 18.7 Å². The second-order valence-corrected chi connectivity index (χ2v) is 9.67. The van der Waals surface area contributed by atoms with Crippen LogP contribution in [0.15, 0.2) is 24.4 Å². The summed E-state index contributed by atoms with van der Waals surface area (Å²) in [4.78, 5) is 18.7.